The van der Waals surface area contributed by atoms with Crippen LogP contribution in [0.25, 0.3) is 0 Å². The third-order valence-corrected chi connectivity index (χ3v) is 2.34. The van der Waals surface area contributed by atoms with E-state index in [2.05, 4.69) is 5.32 Å². The van der Waals surface area contributed by atoms with E-state index in [0.29, 0.717) is 5.92 Å². The van der Waals surface area contributed by atoms with Gasteiger partial charge in [0.1, 0.15) is 0 Å². The van der Waals surface area contributed by atoms with E-state index in [9.17, 15) is 4.79 Å². The Morgan fingerprint density at radius 3 is 3.10 bits per heavy atom. The molecular formula is C6H11N3O. The van der Waals surface area contributed by atoms with Crippen molar-refractivity contribution in [2.45, 2.75) is 0 Å². The van der Waals surface area contributed by atoms with Crippen LogP contribution < -0.4 is 11.2 Å². The standard InChI is InChI=1S/C6H11N3O/c7-9-2-4-1-8-6(10)5(4)3-9/h4-5H,1-3,7H2,(H,8,10)/t4-,5+/m0/s1. The lowest BCUT2D eigenvalue weighted by Crippen LogP contribution is -2.33. The van der Waals surface area contributed by atoms with E-state index >= 15 is 0 Å². The van der Waals surface area contributed by atoms with E-state index in [4.69, 9.17) is 5.84 Å². The second kappa shape index (κ2) is 1.93. The fourth-order valence-corrected chi connectivity index (χ4v) is 1.77. The highest BCUT2D eigenvalue weighted by Gasteiger charge is 2.40. The van der Waals surface area contributed by atoms with Crippen molar-refractivity contribution < 1.29 is 4.79 Å². The molecule has 10 heavy (non-hydrogen) atoms. The van der Waals surface area contributed by atoms with E-state index in [-0.39, 0.29) is 11.8 Å². The molecule has 2 rings (SSSR count). The molecule has 2 fully saturated rings. The lowest BCUT2D eigenvalue weighted by Gasteiger charge is -2.07. The fraction of sp³-hybridized carbons (Fsp3) is 0.833. The number of carbonyl (C=O) groups is 1. The Bertz CT molecular complexity index is 170. The molecule has 56 valence electrons. The summed E-state index contributed by atoms with van der Waals surface area (Å²) in [4.78, 5) is 11.0. The maximum atomic E-state index is 11.0. The maximum absolute atomic E-state index is 11.0. The Labute approximate surface area is 59.3 Å². The molecule has 2 aliphatic heterocycles. The number of nitrogens with two attached hydrogens (primary N) is 1. The van der Waals surface area contributed by atoms with Crippen LogP contribution >= 0.6 is 0 Å². The van der Waals surface area contributed by atoms with Gasteiger partial charge in [-0.05, 0) is 0 Å². The zero-order valence-corrected chi connectivity index (χ0v) is 5.71. The zero-order valence-electron chi connectivity index (χ0n) is 5.71. The van der Waals surface area contributed by atoms with Gasteiger partial charge in [-0.2, -0.15) is 0 Å². The lowest BCUT2D eigenvalue weighted by molar-refractivity contribution is -0.122. The van der Waals surface area contributed by atoms with E-state index in [1.54, 1.807) is 5.01 Å². The van der Waals surface area contributed by atoms with Crippen LogP contribution in [0, 0.1) is 11.8 Å². The predicted octanol–water partition coefficient (Wildman–Crippen LogP) is -1.46. The number of carbonyl (C=O) groups excluding carboxylic acids is 1. The Balaban J connectivity index is 2.12. The third-order valence-electron chi connectivity index (χ3n) is 2.34. The van der Waals surface area contributed by atoms with Crippen LogP contribution in [0.1, 0.15) is 0 Å². The third kappa shape index (κ3) is 0.726. The van der Waals surface area contributed by atoms with Gasteiger partial charge in [0.2, 0.25) is 5.91 Å². The largest absolute Gasteiger partial charge is 0.355 e. The van der Waals surface area contributed by atoms with Gasteiger partial charge in [-0.3, -0.25) is 10.6 Å². The van der Waals surface area contributed by atoms with Gasteiger partial charge in [-0.1, -0.05) is 0 Å². The Morgan fingerprint density at radius 1 is 1.60 bits per heavy atom. The van der Waals surface area contributed by atoms with Crippen molar-refractivity contribution in [3.8, 4) is 0 Å². The SMILES string of the molecule is NN1C[C@@H]2CNC(=O)[C@@H]2C1. The van der Waals surface area contributed by atoms with Gasteiger partial charge in [-0.25, -0.2) is 5.01 Å². The summed E-state index contributed by atoms with van der Waals surface area (Å²) in [5.74, 6) is 6.36. The first-order valence-corrected chi connectivity index (χ1v) is 3.55. The molecule has 0 radical (unpaired) electrons. The summed E-state index contributed by atoms with van der Waals surface area (Å²) < 4.78 is 0. The minimum atomic E-state index is 0.171. The van der Waals surface area contributed by atoms with Crippen molar-refractivity contribution in [1.82, 2.24) is 10.3 Å². The molecule has 0 aliphatic carbocycles. The van der Waals surface area contributed by atoms with Crippen LogP contribution in [0.15, 0.2) is 0 Å². The van der Waals surface area contributed by atoms with Gasteiger partial charge >= 0.3 is 0 Å². The molecule has 0 saturated carbocycles. The molecule has 0 aromatic carbocycles. The van der Waals surface area contributed by atoms with Crippen molar-refractivity contribution in [2.75, 3.05) is 19.6 Å². The molecule has 2 atom stereocenters. The summed E-state index contributed by atoms with van der Waals surface area (Å²) >= 11 is 0. The second-order valence-corrected chi connectivity index (χ2v) is 3.07. The molecule has 2 saturated heterocycles. The monoisotopic (exact) mass is 141 g/mol. The Hall–Kier alpha value is -0.610. The van der Waals surface area contributed by atoms with Crippen molar-refractivity contribution in [3.05, 3.63) is 0 Å². The summed E-state index contributed by atoms with van der Waals surface area (Å²) in [6.45, 7) is 2.41. The second-order valence-electron chi connectivity index (χ2n) is 3.07. The highest BCUT2D eigenvalue weighted by Crippen LogP contribution is 2.24. The number of nitrogens with one attached hydrogen (secondary N) is 1. The summed E-state index contributed by atoms with van der Waals surface area (Å²) in [5.41, 5.74) is 0. The molecule has 0 unspecified atom stereocenters. The summed E-state index contributed by atoms with van der Waals surface area (Å²) in [6.07, 6.45) is 0. The van der Waals surface area contributed by atoms with Gasteiger partial charge in [-0.15, -0.1) is 0 Å². The highest BCUT2D eigenvalue weighted by molar-refractivity contribution is 5.81. The number of hydrazine groups is 1. The number of hydrogen-bond donors (Lipinski definition) is 2. The van der Waals surface area contributed by atoms with Crippen LogP contribution in [-0.2, 0) is 4.79 Å². The van der Waals surface area contributed by atoms with Gasteiger partial charge in [0.15, 0.2) is 0 Å². The molecule has 2 aliphatic rings. The lowest BCUT2D eigenvalue weighted by atomic mass is 10.0. The predicted molar refractivity (Wildman–Crippen MR) is 35.8 cm³/mol. The van der Waals surface area contributed by atoms with Gasteiger partial charge in [0.05, 0.1) is 5.92 Å². The molecular weight excluding hydrogens is 130 g/mol. The first-order chi connectivity index (χ1) is 4.77. The van der Waals surface area contributed by atoms with Crippen molar-refractivity contribution in [2.24, 2.45) is 17.7 Å². The quantitative estimate of drug-likeness (QED) is 0.405. The van der Waals surface area contributed by atoms with Crippen molar-refractivity contribution in [3.63, 3.8) is 0 Å². The minimum absolute atomic E-state index is 0.171. The van der Waals surface area contributed by atoms with Gasteiger partial charge in [0, 0.05) is 25.6 Å². The van der Waals surface area contributed by atoms with Gasteiger partial charge in [0.25, 0.3) is 0 Å². The van der Waals surface area contributed by atoms with E-state index < -0.39 is 0 Å². The van der Waals surface area contributed by atoms with Gasteiger partial charge < -0.3 is 5.32 Å². The molecule has 3 N–H and O–H groups in total. The normalized spacial score (nSPS) is 39.9. The molecule has 2 heterocycles. The Kier molecular flexibility index (Phi) is 1.18. The molecule has 4 nitrogen and oxygen atoms in total. The molecule has 1 amide bonds. The molecule has 0 bridgehead atoms. The fourth-order valence-electron chi connectivity index (χ4n) is 1.77. The minimum Gasteiger partial charge on any atom is -0.355 e. The van der Waals surface area contributed by atoms with Crippen LogP contribution in [0.4, 0.5) is 0 Å². The van der Waals surface area contributed by atoms with Crippen LogP contribution in [-0.4, -0.2) is 30.6 Å². The van der Waals surface area contributed by atoms with E-state index in [1.807, 2.05) is 0 Å². The highest BCUT2D eigenvalue weighted by atomic mass is 16.2. The summed E-state index contributed by atoms with van der Waals surface area (Å²) in [7, 11) is 0. The van der Waals surface area contributed by atoms with Crippen LogP contribution in [0.3, 0.4) is 0 Å². The molecule has 4 heteroatoms. The maximum Gasteiger partial charge on any atom is 0.224 e. The summed E-state index contributed by atoms with van der Waals surface area (Å²) in [6, 6.07) is 0. The van der Waals surface area contributed by atoms with E-state index in [1.165, 1.54) is 0 Å². The molecule has 0 aromatic heterocycles. The number of nitrogens with zero attached hydrogens (tertiary/aromatic N) is 1. The average Bonchev–Trinajstić information content (AvgIpc) is 2.35. The smallest absolute Gasteiger partial charge is 0.224 e. The van der Waals surface area contributed by atoms with E-state index in [0.717, 1.165) is 19.6 Å². The number of amides is 1. The van der Waals surface area contributed by atoms with Crippen molar-refractivity contribution in [1.29, 1.82) is 0 Å². The average molecular weight is 141 g/mol. The molecule has 0 spiro atoms. The van der Waals surface area contributed by atoms with Crippen LogP contribution in [0.2, 0.25) is 0 Å². The molecule has 0 aromatic rings. The van der Waals surface area contributed by atoms with Crippen LogP contribution in [0.5, 0.6) is 0 Å². The summed E-state index contributed by atoms with van der Waals surface area (Å²) in [5, 5.41) is 4.55. The topological polar surface area (TPSA) is 58.4 Å². The number of hydrogen-bond acceptors (Lipinski definition) is 3. The first-order valence-electron chi connectivity index (χ1n) is 3.55. The zero-order chi connectivity index (χ0) is 7.14. The number of rotatable bonds is 0. The first kappa shape index (κ1) is 6.12. The number of fused-ring (bicyclic) bond motifs is 1. The van der Waals surface area contributed by atoms with Crippen molar-refractivity contribution >= 4 is 5.91 Å². The Morgan fingerprint density at radius 2 is 2.40 bits per heavy atom.